The van der Waals surface area contributed by atoms with Gasteiger partial charge in [0.05, 0.1) is 24.5 Å². The van der Waals surface area contributed by atoms with Crippen LogP contribution >= 0.6 is 11.8 Å². The summed E-state index contributed by atoms with van der Waals surface area (Å²) in [5.74, 6) is 1.87. The number of aromatic amines is 1. The van der Waals surface area contributed by atoms with E-state index in [1.807, 2.05) is 42.6 Å². The van der Waals surface area contributed by atoms with E-state index in [0.29, 0.717) is 15.6 Å². The van der Waals surface area contributed by atoms with Gasteiger partial charge in [-0.1, -0.05) is 66.7 Å². The molecule has 1 aliphatic heterocycles. The number of allylic oxidation sites excluding steroid dienone is 2. The Morgan fingerprint density at radius 3 is 2.53 bits per heavy atom. The number of imidazole rings is 1. The van der Waals surface area contributed by atoms with Crippen LogP contribution in [0.1, 0.15) is 21.5 Å². The Hall–Kier alpha value is -3.41. The van der Waals surface area contributed by atoms with E-state index in [1.165, 1.54) is 5.56 Å². The number of H-pyrrole nitrogens is 1. The Balaban J connectivity index is 1.65. The first-order chi connectivity index (χ1) is 15.6. The van der Waals surface area contributed by atoms with Gasteiger partial charge in [-0.2, -0.15) is 11.8 Å². The maximum atomic E-state index is 13.7. The van der Waals surface area contributed by atoms with Crippen LogP contribution in [-0.4, -0.2) is 29.1 Å². The van der Waals surface area contributed by atoms with E-state index in [2.05, 4.69) is 59.8 Å². The number of nitrogens with zero attached hydrogens (tertiary/aromatic N) is 2. The minimum atomic E-state index is 0.0289. The van der Waals surface area contributed by atoms with Crippen molar-refractivity contribution < 1.29 is 4.79 Å². The van der Waals surface area contributed by atoms with Crippen molar-refractivity contribution in [3.05, 3.63) is 114 Å². The molecule has 0 radical (unpaired) electrons. The fraction of sp³-hybridized carbons (Fsp3) is 0.111. The van der Waals surface area contributed by atoms with E-state index in [9.17, 15) is 4.79 Å². The van der Waals surface area contributed by atoms with Crippen LogP contribution in [0.15, 0.2) is 97.2 Å². The van der Waals surface area contributed by atoms with Crippen molar-refractivity contribution in [3.8, 4) is 0 Å². The average Bonchev–Trinajstić information content (AvgIpc) is 3.48. The van der Waals surface area contributed by atoms with Gasteiger partial charge in [0.25, 0.3) is 0 Å². The molecule has 1 aromatic heterocycles. The highest BCUT2D eigenvalue weighted by Gasteiger charge is 2.36. The van der Waals surface area contributed by atoms with E-state index in [-0.39, 0.29) is 5.78 Å². The topological polar surface area (TPSA) is 45.8 Å². The van der Waals surface area contributed by atoms with Crippen molar-refractivity contribution in [2.45, 2.75) is 5.75 Å². The van der Waals surface area contributed by atoms with Gasteiger partial charge in [-0.3, -0.25) is 9.78 Å². The zero-order valence-electron chi connectivity index (χ0n) is 18.1. The van der Waals surface area contributed by atoms with E-state index >= 15 is 0 Å². The molecule has 158 valence electrons. The Morgan fingerprint density at radius 2 is 1.78 bits per heavy atom. The van der Waals surface area contributed by atoms with Gasteiger partial charge in [0.15, 0.2) is 5.78 Å². The molecule has 0 fully saturated rings. The summed E-state index contributed by atoms with van der Waals surface area (Å²) in [5.41, 5.74) is 4.62. The molecule has 2 heterocycles. The first-order valence-corrected chi connectivity index (χ1v) is 11.9. The highest BCUT2D eigenvalue weighted by Crippen LogP contribution is 2.39. The minimum Gasteiger partial charge on any atom is -0.300 e. The number of thioether (sulfide) groups is 1. The summed E-state index contributed by atoms with van der Waals surface area (Å²) in [5, 5.41) is 2.29. The molecule has 0 bridgehead atoms. The van der Waals surface area contributed by atoms with E-state index in [4.69, 9.17) is 0 Å². The Kier molecular flexibility index (Phi) is 5.29. The number of nitrogens with one attached hydrogen (secondary N) is 1. The van der Waals surface area contributed by atoms with Crippen LogP contribution in [0.5, 0.6) is 0 Å². The van der Waals surface area contributed by atoms with Crippen molar-refractivity contribution in [1.82, 2.24) is 14.5 Å². The third kappa shape index (κ3) is 3.60. The largest absolute Gasteiger partial charge is 0.300 e. The van der Waals surface area contributed by atoms with Crippen molar-refractivity contribution >= 4 is 39.7 Å². The van der Waals surface area contributed by atoms with Gasteiger partial charge in [0.2, 0.25) is 5.82 Å². The molecule has 32 heavy (non-hydrogen) atoms. The fourth-order valence-electron chi connectivity index (χ4n) is 4.29. The summed E-state index contributed by atoms with van der Waals surface area (Å²) in [6, 6.07) is 22.5. The third-order valence-electron chi connectivity index (χ3n) is 5.94. The molecule has 1 unspecified atom stereocenters. The van der Waals surface area contributed by atoms with Gasteiger partial charge in [-0.05, 0) is 28.2 Å². The Labute approximate surface area is 191 Å². The van der Waals surface area contributed by atoms with Gasteiger partial charge in [0, 0.05) is 11.3 Å². The molecular formula is C27H24N3OS+. The highest BCUT2D eigenvalue weighted by molar-refractivity contribution is 7.97. The number of hydrogen-bond acceptors (Lipinski definition) is 3. The number of fused-ring (bicyclic) bond motifs is 1. The lowest BCUT2D eigenvalue weighted by atomic mass is 9.91. The molecule has 0 aliphatic carbocycles. The molecule has 1 atom stereocenters. The minimum absolute atomic E-state index is 0.0289. The van der Waals surface area contributed by atoms with Crippen LogP contribution in [-0.2, 0) is 5.75 Å². The molecular weight excluding hydrogens is 414 g/mol. The number of hydrogen-bond donors (Lipinski definition) is 1. The standard InChI is InChI=1S/C27H24N3OS/c1-30(26-14-28-18-29-26)15-24(23-9-5-7-20-6-3-4-8-22(20)23)25(16-30)27(31)21-12-10-19(11-13-21)17-32-2/h3-16,18H,17H2,1-2H3,(H,28,29)/q+1. The molecule has 0 saturated carbocycles. The molecule has 1 N–H and O–H groups in total. The molecule has 0 saturated heterocycles. The number of aromatic nitrogens is 2. The SMILES string of the molecule is CSCc1ccc(C(=O)C2=C[N+](C)(c3cnc[nH]3)C=C2c2cccc3ccccc23)cc1. The molecule has 3 aromatic carbocycles. The van der Waals surface area contributed by atoms with Gasteiger partial charge < -0.3 is 0 Å². The number of quaternary nitrogens is 1. The summed E-state index contributed by atoms with van der Waals surface area (Å²) in [7, 11) is 2.06. The summed E-state index contributed by atoms with van der Waals surface area (Å²) >= 11 is 1.77. The first-order valence-electron chi connectivity index (χ1n) is 10.5. The normalized spacial score (nSPS) is 17.9. The number of carbonyl (C=O) groups is 1. The zero-order chi connectivity index (χ0) is 22.1. The monoisotopic (exact) mass is 438 g/mol. The Bertz CT molecular complexity index is 1350. The lowest BCUT2D eigenvalue weighted by Crippen LogP contribution is -2.31. The maximum Gasteiger partial charge on any atom is 0.234 e. The number of Topliss-reactive ketones (excluding diaryl/α,β-unsaturated/α-hetero) is 1. The van der Waals surface area contributed by atoms with Gasteiger partial charge in [0.1, 0.15) is 18.6 Å². The summed E-state index contributed by atoms with van der Waals surface area (Å²) in [4.78, 5) is 21.1. The number of ketones is 1. The molecule has 1 aliphatic rings. The van der Waals surface area contributed by atoms with E-state index in [0.717, 1.165) is 33.5 Å². The van der Waals surface area contributed by atoms with Gasteiger partial charge >= 0.3 is 0 Å². The molecule has 5 heteroatoms. The smallest absolute Gasteiger partial charge is 0.234 e. The number of rotatable bonds is 6. The van der Waals surface area contributed by atoms with Crippen molar-refractivity contribution in [2.75, 3.05) is 13.3 Å². The maximum absolute atomic E-state index is 13.7. The van der Waals surface area contributed by atoms with Crippen LogP contribution in [0.2, 0.25) is 0 Å². The van der Waals surface area contributed by atoms with Crippen LogP contribution in [0.25, 0.3) is 16.3 Å². The third-order valence-corrected chi connectivity index (χ3v) is 6.56. The number of carbonyl (C=O) groups excluding carboxylic acids is 1. The summed E-state index contributed by atoms with van der Waals surface area (Å²) < 4.78 is 0.351. The molecule has 0 spiro atoms. The lowest BCUT2D eigenvalue weighted by Gasteiger charge is -2.19. The van der Waals surface area contributed by atoms with Crippen molar-refractivity contribution in [1.29, 1.82) is 0 Å². The second kappa shape index (κ2) is 8.26. The molecule has 4 nitrogen and oxygen atoms in total. The van der Waals surface area contributed by atoms with Crippen LogP contribution < -0.4 is 4.48 Å². The molecule has 5 rings (SSSR count). The van der Waals surface area contributed by atoms with Gasteiger partial charge in [-0.25, -0.2) is 9.47 Å². The second-order valence-corrected chi connectivity index (χ2v) is 9.02. The average molecular weight is 439 g/mol. The second-order valence-electron chi connectivity index (χ2n) is 8.16. The highest BCUT2D eigenvalue weighted by atomic mass is 32.2. The lowest BCUT2D eigenvalue weighted by molar-refractivity contribution is 0.103. The summed E-state index contributed by atoms with van der Waals surface area (Å²) in [6.45, 7) is 0. The van der Waals surface area contributed by atoms with Crippen LogP contribution in [0.4, 0.5) is 5.82 Å². The predicted molar refractivity (Wildman–Crippen MR) is 134 cm³/mol. The molecule has 4 aromatic rings. The first kappa shape index (κ1) is 20.5. The fourth-order valence-corrected chi connectivity index (χ4v) is 4.82. The van der Waals surface area contributed by atoms with Crippen molar-refractivity contribution in [3.63, 3.8) is 0 Å². The molecule has 0 amide bonds. The predicted octanol–water partition coefficient (Wildman–Crippen LogP) is 6.18. The van der Waals surface area contributed by atoms with Crippen LogP contribution in [0, 0.1) is 0 Å². The quantitative estimate of drug-likeness (QED) is 0.289. The summed E-state index contributed by atoms with van der Waals surface area (Å²) in [6.07, 6.45) is 9.70. The zero-order valence-corrected chi connectivity index (χ0v) is 18.9. The van der Waals surface area contributed by atoms with E-state index < -0.39 is 0 Å². The Morgan fingerprint density at radius 1 is 1.00 bits per heavy atom. The van der Waals surface area contributed by atoms with Crippen LogP contribution in [0.3, 0.4) is 0 Å². The van der Waals surface area contributed by atoms with Gasteiger partial charge in [-0.15, -0.1) is 0 Å². The van der Waals surface area contributed by atoms with Crippen molar-refractivity contribution in [2.24, 2.45) is 0 Å². The van der Waals surface area contributed by atoms with E-state index in [1.54, 1.807) is 24.3 Å². The number of benzene rings is 3.